The van der Waals surface area contributed by atoms with E-state index in [1.807, 2.05) is 6.07 Å². The number of unbranched alkanes of at least 4 members (excludes halogenated alkanes) is 5. The number of imidazole rings is 1. The second-order valence-electron chi connectivity index (χ2n) is 8.57. The number of aryl methyl sites for hydroxylation is 1. The second-order valence-corrected chi connectivity index (χ2v) is 8.57. The van der Waals surface area contributed by atoms with Gasteiger partial charge in [-0.3, -0.25) is 0 Å². The molecule has 1 heterocycles. The van der Waals surface area contributed by atoms with Gasteiger partial charge in [-0.15, -0.1) is 0 Å². The molecule has 0 aliphatic heterocycles. The predicted octanol–water partition coefficient (Wildman–Crippen LogP) is 7.71. The van der Waals surface area contributed by atoms with E-state index in [1.54, 1.807) is 7.11 Å². The molecule has 0 N–H and O–H groups in total. The number of fused-ring (bicyclic) bond motifs is 2. The summed E-state index contributed by atoms with van der Waals surface area (Å²) in [5.74, 6) is 2.30. The minimum Gasteiger partial charge on any atom is -0.497 e. The Morgan fingerprint density at radius 2 is 1.61 bits per heavy atom. The number of para-hydroxylation sites is 2. The summed E-state index contributed by atoms with van der Waals surface area (Å²) in [6, 6.07) is 21.6. The number of aromatic nitrogens is 2. The topological polar surface area (TPSA) is 27.1 Å². The van der Waals surface area contributed by atoms with Crippen LogP contribution < -0.4 is 4.74 Å². The van der Waals surface area contributed by atoms with Crippen molar-refractivity contribution >= 4 is 21.8 Å². The van der Waals surface area contributed by atoms with Gasteiger partial charge in [0.1, 0.15) is 11.6 Å². The zero-order chi connectivity index (χ0) is 21.6. The van der Waals surface area contributed by atoms with E-state index in [0.29, 0.717) is 0 Å². The van der Waals surface area contributed by atoms with E-state index >= 15 is 0 Å². The van der Waals surface area contributed by atoms with Gasteiger partial charge in [-0.05, 0) is 47.0 Å². The van der Waals surface area contributed by atoms with Crippen LogP contribution in [0.1, 0.15) is 69.7 Å². The first-order valence-corrected chi connectivity index (χ1v) is 11.7. The molecule has 3 nitrogen and oxygen atoms in total. The van der Waals surface area contributed by atoms with Gasteiger partial charge >= 0.3 is 0 Å². The summed E-state index contributed by atoms with van der Waals surface area (Å²) in [7, 11) is 1.71. The van der Waals surface area contributed by atoms with E-state index in [2.05, 4.69) is 73.0 Å². The van der Waals surface area contributed by atoms with Gasteiger partial charge < -0.3 is 9.30 Å². The molecule has 3 heteroatoms. The largest absolute Gasteiger partial charge is 0.497 e. The van der Waals surface area contributed by atoms with Crippen molar-refractivity contribution in [3.05, 3.63) is 72.1 Å². The zero-order valence-electron chi connectivity index (χ0n) is 19.1. The normalized spacial score (nSPS) is 12.5. The molecule has 1 aromatic heterocycles. The highest BCUT2D eigenvalue weighted by atomic mass is 16.5. The number of hydrogen-bond acceptors (Lipinski definition) is 2. The third-order valence-corrected chi connectivity index (χ3v) is 6.38. The zero-order valence-corrected chi connectivity index (χ0v) is 19.1. The molecule has 0 saturated heterocycles. The Morgan fingerprint density at radius 1 is 0.871 bits per heavy atom. The summed E-state index contributed by atoms with van der Waals surface area (Å²) in [5, 5.41) is 2.44. The van der Waals surface area contributed by atoms with Gasteiger partial charge in [0.05, 0.1) is 18.1 Å². The van der Waals surface area contributed by atoms with Crippen molar-refractivity contribution < 1.29 is 4.74 Å². The molecule has 1 unspecified atom stereocenters. The van der Waals surface area contributed by atoms with Crippen LogP contribution >= 0.6 is 0 Å². The molecule has 0 bridgehead atoms. The quantitative estimate of drug-likeness (QED) is 0.248. The molecule has 4 rings (SSSR count). The molecule has 0 aliphatic carbocycles. The van der Waals surface area contributed by atoms with Crippen LogP contribution in [-0.4, -0.2) is 16.7 Å². The summed E-state index contributed by atoms with van der Waals surface area (Å²) in [6.45, 7) is 5.59. The minimum absolute atomic E-state index is 0.235. The number of methoxy groups -OCH3 is 1. The number of benzene rings is 3. The number of hydrogen-bond donors (Lipinski definition) is 0. The van der Waals surface area contributed by atoms with Gasteiger partial charge in [-0.1, -0.05) is 82.3 Å². The molecule has 0 radical (unpaired) electrons. The molecule has 162 valence electrons. The van der Waals surface area contributed by atoms with Crippen LogP contribution in [0.5, 0.6) is 5.75 Å². The fourth-order valence-corrected chi connectivity index (χ4v) is 4.50. The lowest BCUT2D eigenvalue weighted by atomic mass is 9.97. The lowest BCUT2D eigenvalue weighted by molar-refractivity contribution is 0.415. The van der Waals surface area contributed by atoms with Crippen molar-refractivity contribution in [3.63, 3.8) is 0 Å². The summed E-state index contributed by atoms with van der Waals surface area (Å²) in [6.07, 6.45) is 7.84. The lowest BCUT2D eigenvalue weighted by Crippen LogP contribution is -2.09. The highest BCUT2D eigenvalue weighted by molar-refractivity contribution is 5.85. The van der Waals surface area contributed by atoms with Crippen LogP contribution in [0.15, 0.2) is 60.7 Å². The number of ether oxygens (including phenoxy) is 1. The summed E-state index contributed by atoms with van der Waals surface area (Å²) in [5.41, 5.74) is 3.65. The molecule has 0 saturated carbocycles. The van der Waals surface area contributed by atoms with E-state index in [4.69, 9.17) is 9.72 Å². The molecule has 0 spiro atoms. The van der Waals surface area contributed by atoms with Crippen molar-refractivity contribution in [1.82, 2.24) is 9.55 Å². The van der Waals surface area contributed by atoms with Crippen molar-refractivity contribution in [2.45, 2.75) is 64.8 Å². The Labute approximate surface area is 186 Å². The monoisotopic (exact) mass is 414 g/mol. The molecular weight excluding hydrogens is 380 g/mol. The van der Waals surface area contributed by atoms with Crippen molar-refractivity contribution in [1.29, 1.82) is 0 Å². The Hall–Kier alpha value is -2.81. The first-order chi connectivity index (χ1) is 15.2. The van der Waals surface area contributed by atoms with Crippen molar-refractivity contribution in [2.75, 3.05) is 7.11 Å². The van der Waals surface area contributed by atoms with Crippen LogP contribution in [0, 0.1) is 0 Å². The van der Waals surface area contributed by atoms with Crippen LogP contribution in [0.4, 0.5) is 0 Å². The highest BCUT2D eigenvalue weighted by Gasteiger charge is 2.18. The lowest BCUT2D eigenvalue weighted by Gasteiger charge is -2.16. The van der Waals surface area contributed by atoms with Gasteiger partial charge in [-0.25, -0.2) is 4.98 Å². The first kappa shape index (κ1) is 21.4. The average molecular weight is 415 g/mol. The molecule has 3 aromatic carbocycles. The van der Waals surface area contributed by atoms with Crippen molar-refractivity contribution in [3.8, 4) is 5.75 Å². The summed E-state index contributed by atoms with van der Waals surface area (Å²) >= 11 is 0. The first-order valence-electron chi connectivity index (χ1n) is 11.7. The second kappa shape index (κ2) is 10.00. The maximum absolute atomic E-state index is 5.37. The van der Waals surface area contributed by atoms with Gasteiger partial charge in [0, 0.05) is 12.5 Å². The molecule has 0 aliphatic rings. The van der Waals surface area contributed by atoms with E-state index in [9.17, 15) is 0 Å². The van der Waals surface area contributed by atoms with Gasteiger partial charge in [-0.2, -0.15) is 0 Å². The molecule has 0 fully saturated rings. The predicted molar refractivity (Wildman–Crippen MR) is 131 cm³/mol. The van der Waals surface area contributed by atoms with Crippen LogP contribution in [-0.2, 0) is 6.54 Å². The number of rotatable bonds is 10. The van der Waals surface area contributed by atoms with E-state index in [-0.39, 0.29) is 5.92 Å². The molecule has 4 aromatic rings. The fourth-order valence-electron chi connectivity index (χ4n) is 4.50. The Kier molecular flexibility index (Phi) is 6.91. The van der Waals surface area contributed by atoms with Gasteiger partial charge in [0.2, 0.25) is 0 Å². The Bertz CT molecular complexity index is 1140. The fraction of sp³-hybridized carbons (Fsp3) is 0.393. The SMILES string of the molecule is CCCCCCCCn1c(C(C)c2ccc3cc(OC)ccc3c2)nc2ccccc21. The summed E-state index contributed by atoms with van der Waals surface area (Å²) < 4.78 is 7.83. The van der Waals surface area contributed by atoms with E-state index in [0.717, 1.165) is 17.8 Å². The van der Waals surface area contributed by atoms with Crippen LogP contribution in [0.2, 0.25) is 0 Å². The maximum Gasteiger partial charge on any atom is 0.119 e. The third kappa shape index (κ3) is 4.76. The maximum atomic E-state index is 5.37. The molecule has 0 amide bonds. The van der Waals surface area contributed by atoms with E-state index in [1.165, 1.54) is 66.2 Å². The highest BCUT2D eigenvalue weighted by Crippen LogP contribution is 2.31. The molecular formula is C28H34N2O. The van der Waals surface area contributed by atoms with Crippen molar-refractivity contribution in [2.24, 2.45) is 0 Å². The van der Waals surface area contributed by atoms with Gasteiger partial charge in [0.25, 0.3) is 0 Å². The van der Waals surface area contributed by atoms with Crippen LogP contribution in [0.3, 0.4) is 0 Å². The van der Waals surface area contributed by atoms with E-state index < -0.39 is 0 Å². The van der Waals surface area contributed by atoms with Crippen LogP contribution in [0.25, 0.3) is 21.8 Å². The smallest absolute Gasteiger partial charge is 0.119 e. The standard InChI is InChI=1S/C28H34N2O/c1-4-5-6-7-8-11-18-30-27-13-10-9-12-26(27)29-28(30)21(2)22-14-15-24-20-25(31-3)17-16-23(24)19-22/h9-10,12-17,19-21H,4-8,11,18H2,1-3H3. The number of nitrogens with zero attached hydrogens (tertiary/aromatic N) is 2. The third-order valence-electron chi connectivity index (χ3n) is 6.38. The summed E-state index contributed by atoms with van der Waals surface area (Å²) in [4.78, 5) is 5.07. The Balaban J connectivity index is 1.61. The molecule has 31 heavy (non-hydrogen) atoms. The molecule has 1 atom stereocenters. The Morgan fingerprint density at radius 3 is 2.45 bits per heavy atom. The van der Waals surface area contributed by atoms with Gasteiger partial charge in [0.15, 0.2) is 0 Å². The average Bonchev–Trinajstić information content (AvgIpc) is 3.18. The minimum atomic E-state index is 0.235.